The van der Waals surface area contributed by atoms with Gasteiger partial charge in [0.1, 0.15) is 11.9 Å². The summed E-state index contributed by atoms with van der Waals surface area (Å²) in [5, 5.41) is 11.3. The standard InChI is InChI=1S/C14H16FNO5/c1-21-13(18)7-6-11(14(19)20)16-12(17)8-9-2-4-10(15)5-3-9/h2-5,11H,6-8H2,1H3,(H,16,17)(H,19,20)/t11-/m0/s1. The van der Waals surface area contributed by atoms with E-state index in [1.165, 1.54) is 31.4 Å². The van der Waals surface area contributed by atoms with Gasteiger partial charge in [0.2, 0.25) is 5.91 Å². The van der Waals surface area contributed by atoms with Gasteiger partial charge in [-0.1, -0.05) is 12.1 Å². The highest BCUT2D eigenvalue weighted by Gasteiger charge is 2.21. The molecule has 6 nitrogen and oxygen atoms in total. The number of ether oxygens (including phenoxy) is 1. The number of carbonyl (C=O) groups is 3. The van der Waals surface area contributed by atoms with E-state index < -0.39 is 29.7 Å². The smallest absolute Gasteiger partial charge is 0.326 e. The van der Waals surface area contributed by atoms with Gasteiger partial charge in [-0.3, -0.25) is 9.59 Å². The number of carbonyl (C=O) groups excluding carboxylic acids is 2. The van der Waals surface area contributed by atoms with Gasteiger partial charge in [0.05, 0.1) is 13.5 Å². The predicted molar refractivity (Wildman–Crippen MR) is 70.9 cm³/mol. The Bertz CT molecular complexity index is 515. The van der Waals surface area contributed by atoms with Gasteiger partial charge in [0, 0.05) is 6.42 Å². The zero-order valence-electron chi connectivity index (χ0n) is 11.5. The number of esters is 1. The van der Waals surface area contributed by atoms with Crippen LogP contribution in [0.3, 0.4) is 0 Å². The molecule has 1 aromatic carbocycles. The van der Waals surface area contributed by atoms with Gasteiger partial charge in [-0.15, -0.1) is 0 Å². The Hall–Kier alpha value is -2.44. The second-order valence-corrected chi connectivity index (χ2v) is 4.38. The number of aliphatic carboxylic acids is 1. The molecule has 114 valence electrons. The van der Waals surface area contributed by atoms with Crippen LogP contribution in [0.1, 0.15) is 18.4 Å². The highest BCUT2D eigenvalue weighted by molar-refractivity contribution is 5.85. The number of benzene rings is 1. The third-order valence-corrected chi connectivity index (χ3v) is 2.78. The topological polar surface area (TPSA) is 92.7 Å². The van der Waals surface area contributed by atoms with Crippen molar-refractivity contribution in [3.63, 3.8) is 0 Å². The van der Waals surface area contributed by atoms with Crippen LogP contribution in [0, 0.1) is 5.82 Å². The fourth-order valence-electron chi connectivity index (χ4n) is 1.65. The lowest BCUT2D eigenvalue weighted by molar-refractivity contribution is -0.144. The molecule has 0 bridgehead atoms. The Kier molecular flexibility index (Phi) is 6.32. The highest BCUT2D eigenvalue weighted by atomic mass is 19.1. The number of carboxylic acids is 1. The molecule has 21 heavy (non-hydrogen) atoms. The molecule has 1 atom stereocenters. The monoisotopic (exact) mass is 297 g/mol. The van der Waals surface area contributed by atoms with Crippen LogP contribution < -0.4 is 5.32 Å². The van der Waals surface area contributed by atoms with Gasteiger partial charge in [0.15, 0.2) is 0 Å². The van der Waals surface area contributed by atoms with Crippen molar-refractivity contribution >= 4 is 17.8 Å². The lowest BCUT2D eigenvalue weighted by atomic mass is 10.1. The Morgan fingerprint density at radius 2 is 1.90 bits per heavy atom. The van der Waals surface area contributed by atoms with Crippen LogP contribution in [0.5, 0.6) is 0 Å². The number of hydrogen-bond donors (Lipinski definition) is 2. The minimum atomic E-state index is -1.23. The molecule has 0 saturated heterocycles. The molecular weight excluding hydrogens is 281 g/mol. The van der Waals surface area contributed by atoms with Crippen molar-refractivity contribution < 1.29 is 28.6 Å². The lowest BCUT2D eigenvalue weighted by Gasteiger charge is -2.14. The molecule has 1 rings (SSSR count). The van der Waals surface area contributed by atoms with Crippen LogP contribution in [-0.4, -0.2) is 36.1 Å². The van der Waals surface area contributed by atoms with Crippen molar-refractivity contribution in [2.24, 2.45) is 0 Å². The number of nitrogens with one attached hydrogen (secondary N) is 1. The summed E-state index contributed by atoms with van der Waals surface area (Å²) in [6, 6.07) is 4.15. The van der Waals surface area contributed by atoms with Crippen LogP contribution in [0.2, 0.25) is 0 Å². The molecule has 0 saturated carbocycles. The number of carboxylic acid groups (broad SMARTS) is 1. The van der Waals surface area contributed by atoms with Crippen LogP contribution >= 0.6 is 0 Å². The lowest BCUT2D eigenvalue weighted by Crippen LogP contribution is -2.41. The molecule has 0 radical (unpaired) electrons. The second kappa shape index (κ2) is 7.98. The average Bonchev–Trinajstić information content (AvgIpc) is 2.45. The summed E-state index contributed by atoms with van der Waals surface area (Å²) in [6.45, 7) is 0. The van der Waals surface area contributed by atoms with E-state index in [1.807, 2.05) is 0 Å². The molecule has 0 heterocycles. The molecule has 1 aromatic rings. The Balaban J connectivity index is 2.54. The largest absolute Gasteiger partial charge is 0.480 e. The fourth-order valence-corrected chi connectivity index (χ4v) is 1.65. The molecule has 0 fully saturated rings. The maximum Gasteiger partial charge on any atom is 0.326 e. The summed E-state index contributed by atoms with van der Waals surface area (Å²) in [5.41, 5.74) is 0.561. The summed E-state index contributed by atoms with van der Waals surface area (Å²) in [5.74, 6) is -2.71. The van der Waals surface area contributed by atoms with Crippen LogP contribution in [0.25, 0.3) is 0 Å². The Morgan fingerprint density at radius 1 is 1.29 bits per heavy atom. The summed E-state index contributed by atoms with van der Waals surface area (Å²) in [6.07, 6.45) is -0.232. The SMILES string of the molecule is COC(=O)CC[C@H](NC(=O)Cc1ccc(F)cc1)C(=O)O. The third-order valence-electron chi connectivity index (χ3n) is 2.78. The van der Waals surface area contributed by atoms with Crippen LogP contribution in [0.15, 0.2) is 24.3 Å². The summed E-state index contributed by atoms with van der Waals surface area (Å²) in [7, 11) is 1.20. The number of amides is 1. The highest BCUT2D eigenvalue weighted by Crippen LogP contribution is 2.05. The van der Waals surface area contributed by atoms with E-state index in [9.17, 15) is 18.8 Å². The average molecular weight is 297 g/mol. The van der Waals surface area contributed by atoms with Gasteiger partial charge < -0.3 is 15.2 Å². The maximum absolute atomic E-state index is 12.7. The van der Waals surface area contributed by atoms with Crippen molar-refractivity contribution in [2.45, 2.75) is 25.3 Å². The van der Waals surface area contributed by atoms with Crippen molar-refractivity contribution in [2.75, 3.05) is 7.11 Å². The van der Waals surface area contributed by atoms with Crippen LogP contribution in [-0.2, 0) is 25.5 Å². The molecule has 0 aliphatic rings. The maximum atomic E-state index is 12.7. The zero-order chi connectivity index (χ0) is 15.8. The van der Waals surface area contributed by atoms with E-state index in [2.05, 4.69) is 10.1 Å². The van der Waals surface area contributed by atoms with Gasteiger partial charge in [-0.2, -0.15) is 0 Å². The van der Waals surface area contributed by atoms with Crippen molar-refractivity contribution in [3.05, 3.63) is 35.6 Å². The molecule has 1 amide bonds. The van der Waals surface area contributed by atoms with E-state index in [0.717, 1.165) is 0 Å². The summed E-state index contributed by atoms with van der Waals surface area (Å²) < 4.78 is 17.1. The second-order valence-electron chi connectivity index (χ2n) is 4.38. The van der Waals surface area contributed by atoms with E-state index >= 15 is 0 Å². The van der Waals surface area contributed by atoms with Crippen LogP contribution in [0.4, 0.5) is 4.39 Å². The zero-order valence-corrected chi connectivity index (χ0v) is 11.5. The van der Waals surface area contributed by atoms with E-state index in [-0.39, 0.29) is 19.3 Å². The molecule has 2 N–H and O–H groups in total. The minimum Gasteiger partial charge on any atom is -0.480 e. The molecule has 7 heteroatoms. The molecule has 0 aromatic heterocycles. The Labute approximate surface area is 120 Å². The van der Waals surface area contributed by atoms with Gasteiger partial charge in [-0.05, 0) is 24.1 Å². The number of halogens is 1. The summed E-state index contributed by atoms with van der Waals surface area (Å²) >= 11 is 0. The predicted octanol–water partition coefficient (Wildman–Crippen LogP) is 0.891. The molecule has 0 spiro atoms. The molecular formula is C14H16FNO5. The first-order chi connectivity index (χ1) is 9.92. The Morgan fingerprint density at radius 3 is 2.43 bits per heavy atom. The number of hydrogen-bond acceptors (Lipinski definition) is 4. The third kappa shape index (κ3) is 6.03. The van der Waals surface area contributed by atoms with Crippen molar-refractivity contribution in [1.82, 2.24) is 5.32 Å². The molecule has 0 unspecified atom stereocenters. The normalized spacial score (nSPS) is 11.5. The van der Waals surface area contributed by atoms with Gasteiger partial charge in [-0.25, -0.2) is 9.18 Å². The van der Waals surface area contributed by atoms with E-state index in [1.54, 1.807) is 0 Å². The first kappa shape index (κ1) is 16.6. The first-order valence-corrected chi connectivity index (χ1v) is 6.25. The van der Waals surface area contributed by atoms with Gasteiger partial charge in [0.25, 0.3) is 0 Å². The first-order valence-electron chi connectivity index (χ1n) is 6.25. The summed E-state index contributed by atoms with van der Waals surface area (Å²) in [4.78, 5) is 33.7. The fraction of sp³-hybridized carbons (Fsp3) is 0.357. The number of rotatable bonds is 7. The minimum absolute atomic E-state index is 0.0584. The number of methoxy groups -OCH3 is 1. The van der Waals surface area contributed by atoms with E-state index in [0.29, 0.717) is 5.56 Å². The molecule has 0 aliphatic heterocycles. The van der Waals surface area contributed by atoms with Crippen molar-refractivity contribution in [1.29, 1.82) is 0 Å². The van der Waals surface area contributed by atoms with Crippen molar-refractivity contribution in [3.8, 4) is 0 Å². The van der Waals surface area contributed by atoms with Gasteiger partial charge >= 0.3 is 11.9 Å². The quantitative estimate of drug-likeness (QED) is 0.729. The van der Waals surface area contributed by atoms with E-state index in [4.69, 9.17) is 5.11 Å². The molecule has 0 aliphatic carbocycles.